The molecular formula is C17H23N3OS. The van der Waals surface area contributed by atoms with E-state index in [1.807, 2.05) is 13.8 Å². The SMILES string of the molecule is CNc1snc(C)c1C(=O)NC(C)c1ccc(C(C)C)cc1. The van der Waals surface area contributed by atoms with Gasteiger partial charge in [-0.3, -0.25) is 4.79 Å². The molecule has 0 spiro atoms. The highest BCUT2D eigenvalue weighted by molar-refractivity contribution is 7.10. The van der Waals surface area contributed by atoms with Gasteiger partial charge >= 0.3 is 0 Å². The number of nitrogens with zero attached hydrogens (tertiary/aromatic N) is 1. The van der Waals surface area contributed by atoms with Gasteiger partial charge in [0.2, 0.25) is 0 Å². The average molecular weight is 317 g/mol. The molecule has 0 aliphatic rings. The molecule has 118 valence electrons. The van der Waals surface area contributed by atoms with E-state index in [1.165, 1.54) is 17.1 Å². The lowest BCUT2D eigenvalue weighted by Crippen LogP contribution is -2.27. The maximum absolute atomic E-state index is 12.5. The van der Waals surface area contributed by atoms with Gasteiger partial charge in [-0.1, -0.05) is 38.1 Å². The zero-order valence-corrected chi connectivity index (χ0v) is 14.5. The zero-order chi connectivity index (χ0) is 16.3. The number of aryl methyl sites for hydroxylation is 1. The zero-order valence-electron chi connectivity index (χ0n) is 13.7. The van der Waals surface area contributed by atoms with Crippen LogP contribution < -0.4 is 10.6 Å². The highest BCUT2D eigenvalue weighted by atomic mass is 32.1. The van der Waals surface area contributed by atoms with Gasteiger partial charge in [-0.15, -0.1) is 0 Å². The van der Waals surface area contributed by atoms with Crippen LogP contribution in [0.1, 0.15) is 59.9 Å². The number of amides is 1. The largest absolute Gasteiger partial charge is 0.378 e. The first kappa shape index (κ1) is 16.5. The molecule has 0 aliphatic carbocycles. The fourth-order valence-corrected chi connectivity index (χ4v) is 3.07. The summed E-state index contributed by atoms with van der Waals surface area (Å²) >= 11 is 1.31. The molecule has 0 saturated carbocycles. The van der Waals surface area contributed by atoms with Crippen LogP contribution in [0.3, 0.4) is 0 Å². The molecule has 2 N–H and O–H groups in total. The Balaban J connectivity index is 2.12. The van der Waals surface area contributed by atoms with Crippen LogP contribution in [0, 0.1) is 6.92 Å². The molecule has 0 bridgehead atoms. The molecule has 5 heteroatoms. The van der Waals surface area contributed by atoms with Crippen molar-refractivity contribution in [1.82, 2.24) is 9.69 Å². The third kappa shape index (κ3) is 3.47. The fraction of sp³-hybridized carbons (Fsp3) is 0.412. The van der Waals surface area contributed by atoms with Gasteiger partial charge in [0.15, 0.2) is 0 Å². The van der Waals surface area contributed by atoms with E-state index in [4.69, 9.17) is 0 Å². The Morgan fingerprint density at radius 2 is 1.73 bits per heavy atom. The first-order valence-electron chi connectivity index (χ1n) is 7.48. The summed E-state index contributed by atoms with van der Waals surface area (Å²) in [4.78, 5) is 12.5. The Labute approximate surface area is 136 Å². The third-order valence-electron chi connectivity index (χ3n) is 3.77. The maximum Gasteiger partial charge on any atom is 0.256 e. The number of hydrogen-bond donors (Lipinski definition) is 2. The number of nitrogens with one attached hydrogen (secondary N) is 2. The fourth-order valence-electron chi connectivity index (χ4n) is 2.33. The number of hydrogen-bond acceptors (Lipinski definition) is 4. The molecule has 4 nitrogen and oxygen atoms in total. The lowest BCUT2D eigenvalue weighted by atomic mass is 9.99. The van der Waals surface area contributed by atoms with Gasteiger partial charge in [0, 0.05) is 7.05 Å². The first-order valence-corrected chi connectivity index (χ1v) is 8.26. The van der Waals surface area contributed by atoms with Crippen LogP contribution in [0.15, 0.2) is 24.3 Å². The topological polar surface area (TPSA) is 54.0 Å². The molecule has 1 unspecified atom stereocenters. The Kier molecular flexibility index (Phi) is 5.19. The highest BCUT2D eigenvalue weighted by Gasteiger charge is 2.19. The molecule has 0 saturated heterocycles. The van der Waals surface area contributed by atoms with Crippen molar-refractivity contribution in [2.45, 2.75) is 39.7 Å². The minimum Gasteiger partial charge on any atom is -0.378 e. The molecule has 0 fully saturated rings. The van der Waals surface area contributed by atoms with E-state index in [2.05, 4.69) is 53.1 Å². The van der Waals surface area contributed by atoms with E-state index in [-0.39, 0.29) is 11.9 Å². The van der Waals surface area contributed by atoms with E-state index in [0.717, 1.165) is 16.3 Å². The molecule has 0 aliphatic heterocycles. The van der Waals surface area contributed by atoms with E-state index in [9.17, 15) is 4.79 Å². The lowest BCUT2D eigenvalue weighted by Gasteiger charge is -2.16. The summed E-state index contributed by atoms with van der Waals surface area (Å²) in [6.07, 6.45) is 0. The van der Waals surface area contributed by atoms with Crippen molar-refractivity contribution in [3.8, 4) is 0 Å². The smallest absolute Gasteiger partial charge is 0.256 e. The Morgan fingerprint density at radius 1 is 1.14 bits per heavy atom. The lowest BCUT2D eigenvalue weighted by molar-refractivity contribution is 0.0940. The predicted octanol–water partition coefficient (Wildman–Crippen LogP) is 4.11. The average Bonchev–Trinajstić information content (AvgIpc) is 2.88. The van der Waals surface area contributed by atoms with Crippen LogP contribution in [0.5, 0.6) is 0 Å². The summed E-state index contributed by atoms with van der Waals surface area (Å²) in [5.41, 5.74) is 3.80. The van der Waals surface area contributed by atoms with Crippen molar-refractivity contribution in [2.24, 2.45) is 0 Å². The molecule has 2 rings (SSSR count). The number of rotatable bonds is 5. The number of carbonyl (C=O) groups is 1. The minimum atomic E-state index is -0.0870. The number of anilines is 1. The summed E-state index contributed by atoms with van der Waals surface area (Å²) in [6, 6.07) is 8.37. The second-order valence-corrected chi connectivity index (χ2v) is 6.51. The van der Waals surface area contributed by atoms with Crippen LogP contribution >= 0.6 is 11.5 Å². The molecule has 1 aromatic heterocycles. The summed E-state index contributed by atoms with van der Waals surface area (Å²) in [5.74, 6) is 0.424. The number of benzene rings is 1. The predicted molar refractivity (Wildman–Crippen MR) is 92.8 cm³/mol. The van der Waals surface area contributed by atoms with Gasteiger partial charge in [0.25, 0.3) is 5.91 Å². The summed E-state index contributed by atoms with van der Waals surface area (Å²) in [5, 5.41) is 6.88. The van der Waals surface area contributed by atoms with E-state index in [0.29, 0.717) is 11.5 Å². The van der Waals surface area contributed by atoms with Crippen molar-refractivity contribution in [3.63, 3.8) is 0 Å². The van der Waals surface area contributed by atoms with Crippen LogP contribution in [0.2, 0.25) is 0 Å². The normalized spacial score (nSPS) is 12.3. The van der Waals surface area contributed by atoms with E-state index < -0.39 is 0 Å². The molecule has 1 atom stereocenters. The number of carbonyl (C=O) groups excluding carboxylic acids is 1. The van der Waals surface area contributed by atoms with Crippen molar-refractivity contribution in [2.75, 3.05) is 12.4 Å². The standard InChI is InChI=1S/C17H23N3OS/c1-10(2)13-6-8-14(9-7-13)11(3)19-16(21)15-12(4)20-22-17(15)18-5/h6-11,18H,1-5H3,(H,19,21). The minimum absolute atomic E-state index is 0.0438. The van der Waals surface area contributed by atoms with Gasteiger partial charge in [0.05, 0.1) is 17.3 Å². The molecule has 2 aromatic rings. The van der Waals surface area contributed by atoms with Gasteiger partial charge in [-0.05, 0) is 42.4 Å². The Hall–Kier alpha value is -1.88. The van der Waals surface area contributed by atoms with Crippen molar-refractivity contribution < 1.29 is 4.79 Å². The van der Waals surface area contributed by atoms with Gasteiger partial charge in [0.1, 0.15) is 5.00 Å². The van der Waals surface area contributed by atoms with Crippen LogP contribution in [0.4, 0.5) is 5.00 Å². The van der Waals surface area contributed by atoms with E-state index >= 15 is 0 Å². The van der Waals surface area contributed by atoms with Crippen LogP contribution in [-0.2, 0) is 0 Å². The molecule has 1 amide bonds. The quantitative estimate of drug-likeness (QED) is 0.872. The highest BCUT2D eigenvalue weighted by Crippen LogP contribution is 2.25. The third-order valence-corrected chi connectivity index (χ3v) is 4.72. The van der Waals surface area contributed by atoms with Crippen molar-refractivity contribution in [1.29, 1.82) is 0 Å². The Bertz CT molecular complexity index is 646. The van der Waals surface area contributed by atoms with Gasteiger partial charge in [-0.25, -0.2) is 0 Å². The molecule has 22 heavy (non-hydrogen) atoms. The van der Waals surface area contributed by atoms with Crippen LogP contribution in [0.25, 0.3) is 0 Å². The van der Waals surface area contributed by atoms with Crippen molar-refractivity contribution >= 4 is 22.4 Å². The first-order chi connectivity index (χ1) is 10.4. The summed E-state index contributed by atoms with van der Waals surface area (Å²) in [7, 11) is 1.80. The molecular weight excluding hydrogens is 294 g/mol. The Morgan fingerprint density at radius 3 is 2.27 bits per heavy atom. The second kappa shape index (κ2) is 6.92. The molecule has 0 radical (unpaired) electrons. The van der Waals surface area contributed by atoms with Crippen molar-refractivity contribution in [3.05, 3.63) is 46.6 Å². The van der Waals surface area contributed by atoms with Gasteiger partial charge < -0.3 is 10.6 Å². The molecule has 1 heterocycles. The van der Waals surface area contributed by atoms with Crippen LogP contribution in [-0.4, -0.2) is 17.3 Å². The summed E-state index contributed by atoms with van der Waals surface area (Å²) in [6.45, 7) is 8.20. The molecule has 1 aromatic carbocycles. The number of aromatic nitrogens is 1. The second-order valence-electron chi connectivity index (χ2n) is 5.74. The maximum atomic E-state index is 12.5. The van der Waals surface area contributed by atoms with E-state index in [1.54, 1.807) is 7.05 Å². The van der Waals surface area contributed by atoms with Gasteiger partial charge in [-0.2, -0.15) is 4.37 Å². The monoisotopic (exact) mass is 317 g/mol. The summed E-state index contributed by atoms with van der Waals surface area (Å²) < 4.78 is 4.24.